The first-order valence-electron chi connectivity index (χ1n) is 8.30. The summed E-state index contributed by atoms with van der Waals surface area (Å²) >= 11 is 0. The Balaban J connectivity index is 1.73. The van der Waals surface area contributed by atoms with Gasteiger partial charge < -0.3 is 15.2 Å². The molecule has 0 aliphatic heterocycles. The lowest BCUT2D eigenvalue weighted by Crippen LogP contribution is -2.48. The molecule has 0 spiro atoms. The summed E-state index contributed by atoms with van der Waals surface area (Å²) in [5, 5.41) is 12.0. The number of nitrogens with one attached hydrogen (secondary N) is 1. The van der Waals surface area contributed by atoms with Gasteiger partial charge in [-0.1, -0.05) is 31.0 Å². The molecule has 6 heteroatoms. The molecule has 1 saturated carbocycles. The molecule has 25 heavy (non-hydrogen) atoms. The molecule has 6 nitrogen and oxygen atoms in total. The van der Waals surface area contributed by atoms with E-state index in [0.29, 0.717) is 24.3 Å². The van der Waals surface area contributed by atoms with Crippen LogP contribution in [0, 0.1) is 0 Å². The third-order valence-corrected chi connectivity index (χ3v) is 4.37. The van der Waals surface area contributed by atoms with E-state index >= 15 is 0 Å². The second-order valence-electron chi connectivity index (χ2n) is 6.30. The van der Waals surface area contributed by atoms with Crippen molar-refractivity contribution in [3.8, 4) is 11.5 Å². The first kappa shape index (κ1) is 17.0. The second-order valence-corrected chi connectivity index (χ2v) is 6.30. The van der Waals surface area contributed by atoms with Crippen LogP contribution in [-0.2, 0) is 4.79 Å². The van der Waals surface area contributed by atoms with Crippen molar-refractivity contribution in [2.24, 2.45) is 0 Å². The lowest BCUT2D eigenvalue weighted by atomic mass is 9.93. The largest absolute Gasteiger partial charge is 0.481 e. The molecule has 0 bridgehead atoms. The van der Waals surface area contributed by atoms with Gasteiger partial charge in [-0.05, 0) is 31.0 Å². The fourth-order valence-corrected chi connectivity index (χ4v) is 3.22. The van der Waals surface area contributed by atoms with Crippen LogP contribution in [0.4, 0.5) is 0 Å². The molecule has 2 N–H and O–H groups in total. The van der Waals surface area contributed by atoms with Crippen molar-refractivity contribution < 1.29 is 19.4 Å². The van der Waals surface area contributed by atoms with E-state index in [2.05, 4.69) is 10.3 Å². The highest BCUT2D eigenvalue weighted by Crippen LogP contribution is 2.33. The van der Waals surface area contributed by atoms with E-state index in [4.69, 9.17) is 9.84 Å². The molecule has 1 aliphatic rings. The molecule has 1 fully saturated rings. The standard InChI is InChI=1S/C19H20N2O4/c22-17(23)13-19(9-4-5-10-19)21-18(24)16-12-15(8-11-20-16)25-14-6-2-1-3-7-14/h1-3,6-8,11-12H,4-5,9-10,13H2,(H,21,24)(H,22,23). The topological polar surface area (TPSA) is 88.5 Å². The fourth-order valence-electron chi connectivity index (χ4n) is 3.22. The number of nitrogens with zero attached hydrogens (tertiary/aromatic N) is 1. The van der Waals surface area contributed by atoms with Crippen LogP contribution in [0.1, 0.15) is 42.6 Å². The van der Waals surface area contributed by atoms with Gasteiger partial charge >= 0.3 is 5.97 Å². The zero-order valence-corrected chi connectivity index (χ0v) is 13.8. The van der Waals surface area contributed by atoms with Gasteiger partial charge in [-0.25, -0.2) is 0 Å². The zero-order chi connectivity index (χ0) is 17.7. The quantitative estimate of drug-likeness (QED) is 0.841. The maximum Gasteiger partial charge on any atom is 0.305 e. The monoisotopic (exact) mass is 340 g/mol. The number of carbonyl (C=O) groups is 2. The summed E-state index contributed by atoms with van der Waals surface area (Å²) in [5.41, 5.74) is -0.467. The predicted molar refractivity (Wildman–Crippen MR) is 91.7 cm³/mol. The lowest BCUT2D eigenvalue weighted by molar-refractivity contribution is -0.138. The smallest absolute Gasteiger partial charge is 0.305 e. The maximum absolute atomic E-state index is 12.6. The Hall–Kier alpha value is -2.89. The normalized spacial score (nSPS) is 15.5. The number of benzene rings is 1. The van der Waals surface area contributed by atoms with Crippen LogP contribution in [0.2, 0.25) is 0 Å². The lowest BCUT2D eigenvalue weighted by Gasteiger charge is -2.28. The molecule has 2 aromatic rings. The molecule has 1 heterocycles. The van der Waals surface area contributed by atoms with Crippen LogP contribution < -0.4 is 10.1 Å². The van der Waals surface area contributed by atoms with Gasteiger partial charge in [-0.15, -0.1) is 0 Å². The number of carboxylic acid groups (broad SMARTS) is 1. The molecule has 0 atom stereocenters. The number of amides is 1. The number of aromatic nitrogens is 1. The summed E-state index contributed by atoms with van der Waals surface area (Å²) in [6.07, 6.45) is 4.61. The summed E-state index contributed by atoms with van der Waals surface area (Å²) < 4.78 is 5.71. The molecule has 1 aliphatic carbocycles. The van der Waals surface area contributed by atoms with Crippen molar-refractivity contribution in [3.63, 3.8) is 0 Å². The molecular weight excluding hydrogens is 320 g/mol. The molecular formula is C19H20N2O4. The van der Waals surface area contributed by atoms with E-state index in [0.717, 1.165) is 12.8 Å². The molecule has 0 saturated heterocycles. The predicted octanol–water partition coefficient (Wildman–Crippen LogP) is 3.39. The SMILES string of the molecule is O=C(O)CC1(NC(=O)c2cc(Oc3ccccc3)ccn2)CCCC1. The fraction of sp³-hybridized carbons (Fsp3) is 0.316. The van der Waals surface area contributed by atoms with Crippen LogP contribution in [0.5, 0.6) is 11.5 Å². The third-order valence-electron chi connectivity index (χ3n) is 4.37. The van der Waals surface area contributed by atoms with Gasteiger partial charge in [0.05, 0.1) is 12.0 Å². The number of hydrogen-bond donors (Lipinski definition) is 2. The van der Waals surface area contributed by atoms with Gasteiger partial charge in [-0.2, -0.15) is 0 Å². The van der Waals surface area contributed by atoms with E-state index in [1.165, 1.54) is 6.20 Å². The van der Waals surface area contributed by atoms with Crippen molar-refractivity contribution in [3.05, 3.63) is 54.4 Å². The number of hydrogen-bond acceptors (Lipinski definition) is 4. The highest BCUT2D eigenvalue weighted by atomic mass is 16.5. The summed E-state index contributed by atoms with van der Waals surface area (Å²) in [6, 6.07) is 12.5. The summed E-state index contributed by atoms with van der Waals surface area (Å²) in [6.45, 7) is 0. The Bertz CT molecular complexity index is 755. The Labute approximate surface area is 145 Å². The van der Waals surface area contributed by atoms with E-state index in [1.54, 1.807) is 12.1 Å². The summed E-state index contributed by atoms with van der Waals surface area (Å²) in [5.74, 6) is -0.110. The number of ether oxygens (including phenoxy) is 1. The molecule has 1 aromatic carbocycles. The molecule has 1 aromatic heterocycles. The average Bonchev–Trinajstić information content (AvgIpc) is 3.03. The Kier molecular flexibility index (Phi) is 4.97. The van der Waals surface area contributed by atoms with Crippen LogP contribution in [0.3, 0.4) is 0 Å². The zero-order valence-electron chi connectivity index (χ0n) is 13.8. The van der Waals surface area contributed by atoms with Gasteiger partial charge in [0.2, 0.25) is 0 Å². The van der Waals surface area contributed by atoms with Crippen molar-refractivity contribution >= 4 is 11.9 Å². The van der Waals surface area contributed by atoms with Crippen molar-refractivity contribution in [2.75, 3.05) is 0 Å². The van der Waals surface area contributed by atoms with Gasteiger partial charge in [0.25, 0.3) is 5.91 Å². The first-order chi connectivity index (χ1) is 12.1. The minimum Gasteiger partial charge on any atom is -0.481 e. The first-order valence-corrected chi connectivity index (χ1v) is 8.30. The summed E-state index contributed by atoms with van der Waals surface area (Å²) in [7, 11) is 0. The molecule has 1 amide bonds. The Morgan fingerprint density at radius 2 is 1.84 bits per heavy atom. The van der Waals surface area contributed by atoms with E-state index < -0.39 is 11.5 Å². The number of carboxylic acids is 1. The number of para-hydroxylation sites is 1. The maximum atomic E-state index is 12.6. The second kappa shape index (κ2) is 7.34. The van der Waals surface area contributed by atoms with Crippen LogP contribution in [0.25, 0.3) is 0 Å². The van der Waals surface area contributed by atoms with Crippen LogP contribution >= 0.6 is 0 Å². The highest BCUT2D eigenvalue weighted by molar-refractivity contribution is 5.93. The van der Waals surface area contributed by atoms with Gasteiger partial charge in [0.15, 0.2) is 0 Å². The molecule has 130 valence electrons. The number of aliphatic carboxylic acids is 1. The third kappa shape index (κ3) is 4.35. The molecule has 0 unspecified atom stereocenters. The number of pyridine rings is 1. The van der Waals surface area contributed by atoms with Crippen molar-refractivity contribution in [1.29, 1.82) is 0 Å². The minimum atomic E-state index is -0.906. The van der Waals surface area contributed by atoms with Crippen LogP contribution in [-0.4, -0.2) is 27.5 Å². The average molecular weight is 340 g/mol. The van der Waals surface area contributed by atoms with Gasteiger partial charge in [0.1, 0.15) is 17.2 Å². The van der Waals surface area contributed by atoms with E-state index in [1.807, 2.05) is 30.3 Å². The van der Waals surface area contributed by atoms with E-state index in [9.17, 15) is 9.59 Å². The Morgan fingerprint density at radius 1 is 1.12 bits per heavy atom. The number of carbonyl (C=O) groups excluding carboxylic acids is 1. The van der Waals surface area contributed by atoms with Gasteiger partial charge in [0, 0.05) is 12.3 Å². The van der Waals surface area contributed by atoms with Crippen molar-refractivity contribution in [1.82, 2.24) is 10.3 Å². The van der Waals surface area contributed by atoms with Gasteiger partial charge in [-0.3, -0.25) is 14.6 Å². The molecule has 0 radical (unpaired) electrons. The Morgan fingerprint density at radius 3 is 2.52 bits per heavy atom. The van der Waals surface area contributed by atoms with E-state index in [-0.39, 0.29) is 18.0 Å². The number of rotatable bonds is 6. The highest BCUT2D eigenvalue weighted by Gasteiger charge is 2.37. The summed E-state index contributed by atoms with van der Waals surface area (Å²) in [4.78, 5) is 27.8. The minimum absolute atomic E-state index is 0.0705. The van der Waals surface area contributed by atoms with Crippen molar-refractivity contribution in [2.45, 2.75) is 37.6 Å². The molecule has 3 rings (SSSR count). The van der Waals surface area contributed by atoms with Crippen LogP contribution in [0.15, 0.2) is 48.7 Å².